The number of nitrogens with one attached hydrogen (secondary N) is 2. The van der Waals surface area contributed by atoms with E-state index in [1.54, 1.807) is 7.11 Å². The molecule has 1 aromatic rings. The van der Waals surface area contributed by atoms with Gasteiger partial charge in [0.2, 0.25) is 0 Å². The minimum atomic E-state index is -0.215. The SMILES string of the molecule is COCCCNC(=O)Nc1cccc(C(C)N)c1. The second-order valence-corrected chi connectivity index (χ2v) is 4.14. The molecule has 18 heavy (non-hydrogen) atoms. The second kappa shape index (κ2) is 7.68. The van der Waals surface area contributed by atoms with Crippen LogP contribution >= 0.6 is 0 Å². The summed E-state index contributed by atoms with van der Waals surface area (Å²) in [6.07, 6.45) is 0.795. The molecule has 0 spiro atoms. The molecule has 0 fully saturated rings. The van der Waals surface area contributed by atoms with Crippen LogP contribution in [0, 0.1) is 0 Å². The molecule has 0 aliphatic heterocycles. The van der Waals surface area contributed by atoms with Gasteiger partial charge >= 0.3 is 6.03 Å². The van der Waals surface area contributed by atoms with E-state index in [0.717, 1.165) is 17.7 Å². The smallest absolute Gasteiger partial charge is 0.319 e. The average molecular weight is 251 g/mol. The molecule has 5 nitrogen and oxygen atoms in total. The zero-order chi connectivity index (χ0) is 13.4. The van der Waals surface area contributed by atoms with Crippen LogP contribution in [0.3, 0.4) is 0 Å². The number of urea groups is 1. The maximum absolute atomic E-state index is 11.6. The predicted molar refractivity (Wildman–Crippen MR) is 72.6 cm³/mol. The minimum Gasteiger partial charge on any atom is -0.385 e. The van der Waals surface area contributed by atoms with Crippen molar-refractivity contribution in [2.45, 2.75) is 19.4 Å². The summed E-state index contributed by atoms with van der Waals surface area (Å²) in [7, 11) is 1.64. The van der Waals surface area contributed by atoms with Crippen LogP contribution in [0.1, 0.15) is 24.9 Å². The van der Waals surface area contributed by atoms with Gasteiger partial charge in [0.25, 0.3) is 0 Å². The first-order valence-electron chi connectivity index (χ1n) is 6.03. The Hall–Kier alpha value is -1.59. The topological polar surface area (TPSA) is 76.4 Å². The summed E-state index contributed by atoms with van der Waals surface area (Å²) in [4.78, 5) is 11.6. The lowest BCUT2D eigenvalue weighted by atomic mass is 10.1. The van der Waals surface area contributed by atoms with Gasteiger partial charge in [-0.3, -0.25) is 0 Å². The van der Waals surface area contributed by atoms with Gasteiger partial charge in [-0.15, -0.1) is 0 Å². The first-order chi connectivity index (χ1) is 8.63. The summed E-state index contributed by atoms with van der Waals surface area (Å²) in [5.74, 6) is 0. The maximum Gasteiger partial charge on any atom is 0.319 e. The Morgan fingerprint density at radius 2 is 2.28 bits per heavy atom. The van der Waals surface area contributed by atoms with Gasteiger partial charge in [0, 0.05) is 32.0 Å². The maximum atomic E-state index is 11.6. The average Bonchev–Trinajstić information content (AvgIpc) is 2.35. The standard InChI is InChI=1S/C13H21N3O2/c1-10(14)11-5-3-6-12(9-11)16-13(17)15-7-4-8-18-2/h3,5-6,9-10H,4,7-8,14H2,1-2H3,(H2,15,16,17). The number of hydrogen-bond acceptors (Lipinski definition) is 3. The van der Waals surface area contributed by atoms with Gasteiger partial charge in [0.15, 0.2) is 0 Å². The van der Waals surface area contributed by atoms with Crippen molar-refractivity contribution in [3.05, 3.63) is 29.8 Å². The van der Waals surface area contributed by atoms with Crippen LogP contribution in [0.5, 0.6) is 0 Å². The van der Waals surface area contributed by atoms with E-state index < -0.39 is 0 Å². The van der Waals surface area contributed by atoms with Crippen LogP contribution in [0.15, 0.2) is 24.3 Å². The van der Waals surface area contributed by atoms with Gasteiger partial charge in [-0.2, -0.15) is 0 Å². The van der Waals surface area contributed by atoms with Gasteiger partial charge in [-0.1, -0.05) is 12.1 Å². The highest BCUT2D eigenvalue weighted by molar-refractivity contribution is 5.89. The van der Waals surface area contributed by atoms with Crippen molar-refractivity contribution >= 4 is 11.7 Å². The van der Waals surface area contributed by atoms with Gasteiger partial charge in [0.05, 0.1) is 0 Å². The van der Waals surface area contributed by atoms with Crippen molar-refractivity contribution in [1.82, 2.24) is 5.32 Å². The number of nitrogens with two attached hydrogens (primary N) is 1. The first-order valence-corrected chi connectivity index (χ1v) is 6.03. The first kappa shape index (κ1) is 14.5. The van der Waals surface area contributed by atoms with Crippen LogP contribution in [0.2, 0.25) is 0 Å². The number of rotatable bonds is 6. The van der Waals surface area contributed by atoms with E-state index in [1.165, 1.54) is 0 Å². The number of ether oxygens (including phenoxy) is 1. The minimum absolute atomic E-state index is 0.0449. The van der Waals surface area contributed by atoms with E-state index in [1.807, 2.05) is 31.2 Å². The third kappa shape index (κ3) is 5.16. The van der Waals surface area contributed by atoms with Crippen molar-refractivity contribution in [3.63, 3.8) is 0 Å². The van der Waals surface area contributed by atoms with Crippen LogP contribution in [-0.4, -0.2) is 26.3 Å². The number of carbonyl (C=O) groups is 1. The van der Waals surface area contributed by atoms with Crippen molar-refractivity contribution < 1.29 is 9.53 Å². The third-order valence-corrected chi connectivity index (χ3v) is 2.48. The predicted octanol–water partition coefficient (Wildman–Crippen LogP) is 1.86. The molecule has 0 bridgehead atoms. The zero-order valence-corrected chi connectivity index (χ0v) is 10.9. The molecule has 0 aromatic heterocycles. The van der Waals surface area contributed by atoms with Gasteiger partial charge in [-0.05, 0) is 31.0 Å². The molecule has 0 aliphatic rings. The summed E-state index contributed by atoms with van der Waals surface area (Å²) in [6.45, 7) is 3.14. The molecular formula is C13H21N3O2. The normalized spacial score (nSPS) is 11.9. The Morgan fingerprint density at radius 1 is 1.50 bits per heavy atom. The fraction of sp³-hybridized carbons (Fsp3) is 0.462. The summed E-state index contributed by atoms with van der Waals surface area (Å²) in [5, 5.41) is 5.52. The largest absolute Gasteiger partial charge is 0.385 e. The number of anilines is 1. The third-order valence-electron chi connectivity index (χ3n) is 2.48. The molecule has 5 heteroatoms. The molecular weight excluding hydrogens is 230 g/mol. The second-order valence-electron chi connectivity index (χ2n) is 4.14. The molecule has 1 aromatic carbocycles. The van der Waals surface area contributed by atoms with E-state index in [4.69, 9.17) is 10.5 Å². The quantitative estimate of drug-likeness (QED) is 0.675. The van der Waals surface area contributed by atoms with Crippen molar-refractivity contribution in [2.24, 2.45) is 5.73 Å². The molecule has 1 rings (SSSR count). The summed E-state index contributed by atoms with van der Waals surface area (Å²) < 4.78 is 4.90. The summed E-state index contributed by atoms with van der Waals surface area (Å²) in [5.41, 5.74) is 7.52. The van der Waals surface area contributed by atoms with E-state index in [-0.39, 0.29) is 12.1 Å². The van der Waals surface area contributed by atoms with Crippen LogP contribution in [-0.2, 0) is 4.74 Å². The molecule has 0 saturated carbocycles. The Kier molecular flexibility index (Phi) is 6.18. The Bertz CT molecular complexity index is 380. The highest BCUT2D eigenvalue weighted by atomic mass is 16.5. The number of hydrogen-bond donors (Lipinski definition) is 3. The van der Waals surface area contributed by atoms with E-state index in [0.29, 0.717) is 13.2 Å². The van der Waals surface area contributed by atoms with Gasteiger partial charge in [-0.25, -0.2) is 4.79 Å². The molecule has 1 atom stereocenters. The highest BCUT2D eigenvalue weighted by Gasteiger charge is 2.03. The number of amides is 2. The Labute approximate surface area is 108 Å². The lowest BCUT2D eigenvalue weighted by Gasteiger charge is -2.10. The Morgan fingerprint density at radius 3 is 2.94 bits per heavy atom. The lowest BCUT2D eigenvalue weighted by Crippen LogP contribution is -2.30. The van der Waals surface area contributed by atoms with E-state index in [9.17, 15) is 4.79 Å². The molecule has 0 heterocycles. The number of methoxy groups -OCH3 is 1. The number of carbonyl (C=O) groups excluding carboxylic acids is 1. The van der Waals surface area contributed by atoms with Crippen molar-refractivity contribution in [1.29, 1.82) is 0 Å². The van der Waals surface area contributed by atoms with Gasteiger partial charge in [0.1, 0.15) is 0 Å². The van der Waals surface area contributed by atoms with Crippen molar-refractivity contribution in [2.75, 3.05) is 25.6 Å². The van der Waals surface area contributed by atoms with Crippen LogP contribution in [0.4, 0.5) is 10.5 Å². The highest BCUT2D eigenvalue weighted by Crippen LogP contribution is 2.15. The van der Waals surface area contributed by atoms with Crippen LogP contribution < -0.4 is 16.4 Å². The summed E-state index contributed by atoms with van der Waals surface area (Å²) >= 11 is 0. The summed E-state index contributed by atoms with van der Waals surface area (Å²) in [6, 6.07) is 7.26. The lowest BCUT2D eigenvalue weighted by molar-refractivity contribution is 0.194. The zero-order valence-electron chi connectivity index (χ0n) is 10.9. The Balaban J connectivity index is 2.41. The molecule has 2 amide bonds. The van der Waals surface area contributed by atoms with Crippen molar-refractivity contribution in [3.8, 4) is 0 Å². The molecule has 0 radical (unpaired) electrons. The molecule has 0 aliphatic carbocycles. The molecule has 0 saturated heterocycles. The monoisotopic (exact) mass is 251 g/mol. The molecule has 4 N–H and O–H groups in total. The van der Waals surface area contributed by atoms with E-state index in [2.05, 4.69) is 10.6 Å². The molecule has 1 unspecified atom stereocenters. The molecule has 100 valence electrons. The van der Waals surface area contributed by atoms with E-state index >= 15 is 0 Å². The van der Waals surface area contributed by atoms with Gasteiger partial charge < -0.3 is 21.1 Å². The fourth-order valence-electron chi connectivity index (χ4n) is 1.49. The van der Waals surface area contributed by atoms with Crippen LogP contribution in [0.25, 0.3) is 0 Å². The number of benzene rings is 1. The fourth-order valence-corrected chi connectivity index (χ4v) is 1.49.